The van der Waals surface area contributed by atoms with Crippen LogP contribution < -0.4 is 5.56 Å². The highest BCUT2D eigenvalue weighted by Gasteiger charge is 2.13. The largest absolute Gasteiger partial charge is 0.323 e. The molecule has 1 N–H and O–H groups in total. The molecule has 3 rings (SSSR count). The van der Waals surface area contributed by atoms with Crippen LogP contribution in [0.3, 0.4) is 0 Å². The van der Waals surface area contributed by atoms with E-state index in [9.17, 15) is 4.79 Å². The van der Waals surface area contributed by atoms with Crippen LogP contribution in [-0.2, 0) is 20.0 Å². The second-order valence-electron chi connectivity index (χ2n) is 4.96. The first-order valence-electron chi connectivity index (χ1n) is 6.54. The van der Waals surface area contributed by atoms with Crippen LogP contribution in [-0.4, -0.2) is 24.3 Å². The highest BCUT2D eigenvalue weighted by atomic mass is 32.1. The fourth-order valence-electron chi connectivity index (χ4n) is 2.28. The zero-order chi connectivity index (χ0) is 15.1. The molecule has 0 aliphatic carbocycles. The van der Waals surface area contributed by atoms with E-state index in [1.807, 2.05) is 20.9 Å². The van der Waals surface area contributed by atoms with E-state index in [4.69, 9.17) is 12.2 Å². The monoisotopic (exact) mass is 321 g/mol. The van der Waals surface area contributed by atoms with Crippen molar-refractivity contribution in [2.75, 3.05) is 0 Å². The van der Waals surface area contributed by atoms with Crippen molar-refractivity contribution < 1.29 is 0 Å². The summed E-state index contributed by atoms with van der Waals surface area (Å²) in [5.41, 5.74) is 0.988. The third-order valence-corrected chi connectivity index (χ3v) is 4.96. The van der Waals surface area contributed by atoms with Gasteiger partial charge in [-0.05, 0) is 31.6 Å². The second-order valence-corrected chi connectivity index (χ2v) is 6.57. The molecule has 6 nitrogen and oxygen atoms in total. The minimum Gasteiger partial charge on any atom is -0.323 e. The summed E-state index contributed by atoms with van der Waals surface area (Å²) in [5, 5.41) is 4.95. The van der Waals surface area contributed by atoms with E-state index in [1.54, 1.807) is 26.9 Å². The summed E-state index contributed by atoms with van der Waals surface area (Å²) in [4.78, 5) is 22.0. The molecule has 0 bridgehead atoms. The molecule has 0 saturated carbocycles. The first-order chi connectivity index (χ1) is 9.97. The molecule has 0 aromatic carbocycles. The van der Waals surface area contributed by atoms with Crippen molar-refractivity contribution in [1.82, 2.24) is 24.3 Å². The molecule has 3 heterocycles. The molecule has 0 amide bonds. The second kappa shape index (κ2) is 5.19. The van der Waals surface area contributed by atoms with Gasteiger partial charge in [0.1, 0.15) is 11.2 Å². The Kier molecular flexibility index (Phi) is 3.50. The van der Waals surface area contributed by atoms with Crippen LogP contribution >= 0.6 is 23.6 Å². The molecular weight excluding hydrogens is 306 g/mol. The molecule has 0 aliphatic heterocycles. The number of H-pyrrole nitrogens is 1. The SMILES string of the molecule is Cc1sc2[nH]c(=S)n(CCc3ncn(C)n3)c(=O)c2c1C. The van der Waals surface area contributed by atoms with E-state index < -0.39 is 0 Å². The molecular formula is C13H15N5OS2. The summed E-state index contributed by atoms with van der Waals surface area (Å²) in [6, 6.07) is 0. The number of nitrogens with zero attached hydrogens (tertiary/aromatic N) is 4. The Bertz CT molecular complexity index is 930. The number of hydrogen-bond acceptors (Lipinski definition) is 5. The molecule has 21 heavy (non-hydrogen) atoms. The predicted octanol–water partition coefficient (Wildman–Crippen LogP) is 2.11. The highest BCUT2D eigenvalue weighted by Crippen LogP contribution is 2.25. The van der Waals surface area contributed by atoms with Gasteiger partial charge in [-0.2, -0.15) is 5.10 Å². The maximum absolute atomic E-state index is 12.6. The smallest absolute Gasteiger partial charge is 0.263 e. The molecule has 0 aliphatic rings. The summed E-state index contributed by atoms with van der Waals surface area (Å²) in [6.45, 7) is 4.46. The van der Waals surface area contributed by atoms with E-state index in [-0.39, 0.29) is 5.56 Å². The minimum absolute atomic E-state index is 0.0356. The van der Waals surface area contributed by atoms with Crippen molar-refractivity contribution in [3.05, 3.63) is 37.7 Å². The summed E-state index contributed by atoms with van der Waals surface area (Å²) in [7, 11) is 1.82. The number of aryl methyl sites for hydroxylation is 4. The molecule has 0 saturated heterocycles. The van der Waals surface area contributed by atoms with Crippen LogP contribution in [0.4, 0.5) is 0 Å². The van der Waals surface area contributed by atoms with Gasteiger partial charge in [0, 0.05) is 24.9 Å². The summed E-state index contributed by atoms with van der Waals surface area (Å²) in [6.07, 6.45) is 2.22. The molecule has 8 heteroatoms. The minimum atomic E-state index is -0.0356. The van der Waals surface area contributed by atoms with Gasteiger partial charge in [-0.25, -0.2) is 4.98 Å². The quantitative estimate of drug-likeness (QED) is 0.750. The van der Waals surface area contributed by atoms with Crippen LogP contribution in [0.25, 0.3) is 10.2 Å². The number of aromatic nitrogens is 5. The van der Waals surface area contributed by atoms with E-state index in [0.717, 1.165) is 20.7 Å². The van der Waals surface area contributed by atoms with Crippen LogP contribution in [0.15, 0.2) is 11.1 Å². The van der Waals surface area contributed by atoms with Crippen LogP contribution in [0.2, 0.25) is 0 Å². The van der Waals surface area contributed by atoms with Gasteiger partial charge in [0.25, 0.3) is 5.56 Å². The zero-order valence-corrected chi connectivity index (χ0v) is 13.6. The standard InChI is InChI=1S/C13H15N5OS2/c1-7-8(2)21-11-10(7)12(19)18(13(20)15-11)5-4-9-14-6-17(3)16-9/h6H,4-5H2,1-3H3,(H,15,20). The Balaban J connectivity index is 2.04. The van der Waals surface area contributed by atoms with Crippen molar-refractivity contribution in [2.24, 2.45) is 7.05 Å². The number of fused-ring (bicyclic) bond motifs is 1. The third kappa shape index (κ3) is 2.44. The van der Waals surface area contributed by atoms with Crippen molar-refractivity contribution in [2.45, 2.75) is 26.8 Å². The number of hydrogen-bond donors (Lipinski definition) is 1. The lowest BCUT2D eigenvalue weighted by atomic mass is 10.2. The van der Waals surface area contributed by atoms with Gasteiger partial charge in [0.2, 0.25) is 0 Å². The Morgan fingerprint density at radius 3 is 2.86 bits per heavy atom. The van der Waals surface area contributed by atoms with Crippen molar-refractivity contribution in [3.63, 3.8) is 0 Å². The molecule has 0 atom stereocenters. The van der Waals surface area contributed by atoms with Gasteiger partial charge in [-0.15, -0.1) is 11.3 Å². The zero-order valence-electron chi connectivity index (χ0n) is 12.0. The number of aromatic amines is 1. The Hall–Kier alpha value is -1.80. The molecule has 3 aromatic heterocycles. The van der Waals surface area contributed by atoms with Gasteiger partial charge in [-0.1, -0.05) is 0 Å². The van der Waals surface area contributed by atoms with Crippen molar-refractivity contribution in [3.8, 4) is 0 Å². The summed E-state index contributed by atoms with van der Waals surface area (Å²) >= 11 is 6.88. The summed E-state index contributed by atoms with van der Waals surface area (Å²) in [5.74, 6) is 0.706. The first-order valence-corrected chi connectivity index (χ1v) is 7.77. The predicted molar refractivity (Wildman–Crippen MR) is 85.5 cm³/mol. The Morgan fingerprint density at radius 2 is 2.19 bits per heavy atom. The number of nitrogens with one attached hydrogen (secondary N) is 1. The molecule has 3 aromatic rings. The van der Waals surface area contributed by atoms with Gasteiger partial charge in [-0.3, -0.25) is 14.0 Å². The van der Waals surface area contributed by atoms with E-state index in [1.165, 1.54) is 0 Å². The molecule has 0 spiro atoms. The lowest BCUT2D eigenvalue weighted by molar-refractivity contribution is 0.627. The van der Waals surface area contributed by atoms with E-state index >= 15 is 0 Å². The van der Waals surface area contributed by atoms with Gasteiger partial charge >= 0.3 is 0 Å². The Labute approximate surface area is 130 Å². The van der Waals surface area contributed by atoms with Crippen LogP contribution in [0.1, 0.15) is 16.3 Å². The lowest BCUT2D eigenvalue weighted by Gasteiger charge is -2.05. The first kappa shape index (κ1) is 14.2. The van der Waals surface area contributed by atoms with Gasteiger partial charge in [0.05, 0.1) is 5.39 Å². The normalized spacial score (nSPS) is 11.4. The number of rotatable bonds is 3. The average Bonchev–Trinajstić information content (AvgIpc) is 2.94. The fourth-order valence-corrected chi connectivity index (χ4v) is 3.67. The average molecular weight is 321 g/mol. The van der Waals surface area contributed by atoms with Gasteiger partial charge < -0.3 is 4.98 Å². The lowest BCUT2D eigenvalue weighted by Crippen LogP contribution is -2.23. The molecule has 0 unspecified atom stereocenters. The molecule has 0 fully saturated rings. The molecule has 0 radical (unpaired) electrons. The van der Waals surface area contributed by atoms with Gasteiger partial charge in [0.15, 0.2) is 10.6 Å². The van der Waals surface area contributed by atoms with Crippen LogP contribution in [0.5, 0.6) is 0 Å². The Morgan fingerprint density at radius 1 is 1.43 bits per heavy atom. The third-order valence-electron chi connectivity index (χ3n) is 3.52. The van der Waals surface area contributed by atoms with Crippen molar-refractivity contribution in [1.29, 1.82) is 0 Å². The van der Waals surface area contributed by atoms with E-state index in [0.29, 0.717) is 23.6 Å². The number of thiophene rings is 1. The summed E-state index contributed by atoms with van der Waals surface area (Å²) < 4.78 is 3.69. The van der Waals surface area contributed by atoms with E-state index in [2.05, 4.69) is 15.1 Å². The van der Waals surface area contributed by atoms with Crippen molar-refractivity contribution >= 4 is 33.8 Å². The fraction of sp³-hybridized carbons (Fsp3) is 0.385. The highest BCUT2D eigenvalue weighted by molar-refractivity contribution is 7.71. The maximum atomic E-state index is 12.6. The maximum Gasteiger partial charge on any atom is 0.263 e. The topological polar surface area (TPSA) is 68.5 Å². The molecule has 110 valence electrons. The van der Waals surface area contributed by atoms with Crippen LogP contribution in [0, 0.1) is 18.6 Å².